The Morgan fingerprint density at radius 1 is 1.20 bits per heavy atom. The van der Waals surface area contributed by atoms with Crippen LogP contribution in [0.2, 0.25) is 0 Å². The Labute approximate surface area is 183 Å². The Bertz CT molecular complexity index is 731. The second-order valence-corrected chi connectivity index (χ2v) is 12.3. The molecule has 3 fully saturated rings. The summed E-state index contributed by atoms with van der Waals surface area (Å²) in [6.07, 6.45) is 12.9. The Morgan fingerprint density at radius 3 is 2.60 bits per heavy atom. The highest BCUT2D eigenvalue weighted by atomic mass is 16.5. The number of rotatable bonds is 3. The molecule has 0 amide bonds. The maximum absolute atomic E-state index is 12.5. The van der Waals surface area contributed by atoms with Gasteiger partial charge < -0.3 is 9.84 Å². The average Bonchev–Trinajstić information content (AvgIpc) is 2.97. The fraction of sp³-hybridized carbons (Fsp3) is 0.815. The zero-order valence-corrected chi connectivity index (χ0v) is 19.7. The topological polar surface area (TPSA) is 46.5 Å². The van der Waals surface area contributed by atoms with Crippen molar-refractivity contribution in [3.63, 3.8) is 0 Å². The molecule has 0 aliphatic heterocycles. The third-order valence-corrected chi connectivity index (χ3v) is 9.54. The predicted octanol–water partition coefficient (Wildman–Crippen LogP) is 6.07. The molecule has 0 heterocycles. The molecule has 1 N–H and O–H groups in total. The van der Waals surface area contributed by atoms with E-state index in [0.717, 1.165) is 38.5 Å². The number of esters is 1. The predicted molar refractivity (Wildman–Crippen MR) is 121 cm³/mol. The Morgan fingerprint density at radius 2 is 1.93 bits per heavy atom. The van der Waals surface area contributed by atoms with E-state index in [0.29, 0.717) is 23.7 Å². The van der Waals surface area contributed by atoms with Crippen molar-refractivity contribution in [2.45, 2.75) is 98.2 Å². The van der Waals surface area contributed by atoms with Crippen molar-refractivity contribution in [3.8, 4) is 0 Å². The maximum Gasteiger partial charge on any atom is 0.311 e. The van der Waals surface area contributed by atoms with Crippen LogP contribution < -0.4 is 0 Å². The summed E-state index contributed by atoms with van der Waals surface area (Å²) in [5.74, 6) is 2.47. The lowest BCUT2D eigenvalue weighted by Crippen LogP contribution is -2.54. The quantitative estimate of drug-likeness (QED) is 0.450. The second-order valence-electron chi connectivity index (χ2n) is 12.3. The van der Waals surface area contributed by atoms with Gasteiger partial charge in [0.05, 0.1) is 11.5 Å². The zero-order valence-electron chi connectivity index (χ0n) is 19.7. The summed E-state index contributed by atoms with van der Waals surface area (Å²) >= 11 is 0. The molecule has 4 aliphatic rings. The highest BCUT2D eigenvalue weighted by Gasteiger charge is 2.61. The van der Waals surface area contributed by atoms with Crippen molar-refractivity contribution >= 4 is 5.97 Å². The number of aliphatic hydroxyl groups excluding tert-OH is 1. The molecule has 4 aliphatic carbocycles. The maximum atomic E-state index is 12.5. The van der Waals surface area contributed by atoms with Gasteiger partial charge in [-0.25, -0.2) is 0 Å². The van der Waals surface area contributed by atoms with Gasteiger partial charge in [0.15, 0.2) is 0 Å². The molecule has 0 aromatic rings. The van der Waals surface area contributed by atoms with Crippen molar-refractivity contribution < 1.29 is 14.6 Å². The molecule has 0 spiro atoms. The lowest BCUT2D eigenvalue weighted by Gasteiger charge is -2.60. The van der Waals surface area contributed by atoms with E-state index in [9.17, 15) is 9.90 Å². The standard InChI is InChI=1S/C27H42O3/c1-7-8-17-15-18-16-19(30-24(29)25(2,3)4)11-13-26(18,5)21-12-14-27(6)20(23(17)21)9-10-22(27)28/h7,16-17,19-23,28H,1,8-15H2,2-6H3/t17-,19+,20+,21+,22+,23+,26+,27+/m1/s1. The summed E-state index contributed by atoms with van der Waals surface area (Å²) in [6, 6.07) is 0. The third-order valence-electron chi connectivity index (χ3n) is 9.54. The number of carbonyl (C=O) groups excluding carboxylic acids is 1. The van der Waals surface area contributed by atoms with Crippen molar-refractivity contribution in [2.75, 3.05) is 0 Å². The van der Waals surface area contributed by atoms with Crippen LogP contribution in [0.25, 0.3) is 0 Å². The minimum Gasteiger partial charge on any atom is -0.458 e. The highest BCUT2D eigenvalue weighted by molar-refractivity contribution is 5.75. The summed E-state index contributed by atoms with van der Waals surface area (Å²) in [4.78, 5) is 12.5. The molecule has 4 rings (SSSR count). The molecule has 3 heteroatoms. The van der Waals surface area contributed by atoms with Crippen LogP contribution in [0.3, 0.4) is 0 Å². The Kier molecular flexibility index (Phi) is 5.53. The van der Waals surface area contributed by atoms with Gasteiger partial charge in [-0.2, -0.15) is 0 Å². The molecule has 0 unspecified atom stereocenters. The minimum atomic E-state index is -0.459. The van der Waals surface area contributed by atoms with Crippen LogP contribution in [0.5, 0.6) is 0 Å². The van der Waals surface area contributed by atoms with Gasteiger partial charge in [0.1, 0.15) is 6.10 Å². The number of carbonyl (C=O) groups is 1. The van der Waals surface area contributed by atoms with Crippen LogP contribution in [0, 0.1) is 39.9 Å². The first kappa shape index (κ1) is 22.1. The molecule has 8 atom stereocenters. The van der Waals surface area contributed by atoms with E-state index in [1.54, 1.807) is 0 Å². The summed E-state index contributed by atoms with van der Waals surface area (Å²) in [5.41, 5.74) is 1.37. The molecule has 0 aromatic carbocycles. The molecule has 30 heavy (non-hydrogen) atoms. The molecule has 0 bridgehead atoms. The van der Waals surface area contributed by atoms with Gasteiger partial charge in [0.25, 0.3) is 0 Å². The lowest BCUT2D eigenvalue weighted by atomic mass is 9.44. The van der Waals surface area contributed by atoms with E-state index >= 15 is 0 Å². The number of allylic oxidation sites excluding steroid dienone is 2. The largest absolute Gasteiger partial charge is 0.458 e. The highest BCUT2D eigenvalue weighted by Crippen LogP contribution is 2.67. The van der Waals surface area contributed by atoms with E-state index in [-0.39, 0.29) is 29.0 Å². The number of hydrogen-bond acceptors (Lipinski definition) is 3. The third kappa shape index (κ3) is 3.40. The first-order valence-electron chi connectivity index (χ1n) is 12.2. The van der Waals surface area contributed by atoms with Crippen LogP contribution in [0.1, 0.15) is 86.0 Å². The van der Waals surface area contributed by atoms with E-state index in [1.165, 1.54) is 18.4 Å². The van der Waals surface area contributed by atoms with Crippen LogP contribution in [-0.4, -0.2) is 23.3 Å². The van der Waals surface area contributed by atoms with Gasteiger partial charge in [0, 0.05) is 0 Å². The van der Waals surface area contributed by atoms with Crippen molar-refractivity contribution in [1.82, 2.24) is 0 Å². The van der Waals surface area contributed by atoms with E-state index < -0.39 is 5.41 Å². The minimum absolute atomic E-state index is 0.0807. The first-order valence-corrected chi connectivity index (χ1v) is 12.2. The summed E-state index contributed by atoms with van der Waals surface area (Å²) < 4.78 is 5.91. The van der Waals surface area contributed by atoms with Crippen molar-refractivity contribution in [1.29, 1.82) is 0 Å². The van der Waals surface area contributed by atoms with Crippen molar-refractivity contribution in [2.24, 2.45) is 39.9 Å². The zero-order chi connectivity index (χ0) is 21.9. The SMILES string of the molecule is C=CC[C@@H]1CC2=C[C@@H](OC(=O)C(C)(C)C)CC[C@]2(C)[C@H]2CC[C@]3(C)[C@@H](O)CC[C@H]3[C@H]12. The van der Waals surface area contributed by atoms with E-state index in [1.807, 2.05) is 20.8 Å². The van der Waals surface area contributed by atoms with Crippen LogP contribution in [-0.2, 0) is 9.53 Å². The summed E-state index contributed by atoms with van der Waals surface area (Å²) in [5, 5.41) is 10.8. The normalized spacial score (nSPS) is 45.6. The fourth-order valence-electron chi connectivity index (χ4n) is 7.67. The Hall–Kier alpha value is -1.09. The van der Waals surface area contributed by atoms with Gasteiger partial charge in [-0.3, -0.25) is 4.79 Å². The molecule has 0 radical (unpaired) electrons. The van der Waals surface area contributed by atoms with Gasteiger partial charge >= 0.3 is 5.97 Å². The van der Waals surface area contributed by atoms with Crippen LogP contribution in [0.15, 0.2) is 24.3 Å². The van der Waals surface area contributed by atoms with Gasteiger partial charge in [-0.05, 0) is 113 Å². The smallest absolute Gasteiger partial charge is 0.311 e. The molecule has 0 aromatic heterocycles. The fourth-order valence-corrected chi connectivity index (χ4v) is 7.67. The first-order chi connectivity index (χ1) is 14.0. The van der Waals surface area contributed by atoms with Crippen molar-refractivity contribution in [3.05, 3.63) is 24.3 Å². The number of fused-ring (bicyclic) bond motifs is 5. The monoisotopic (exact) mass is 414 g/mol. The average molecular weight is 415 g/mol. The number of aliphatic hydroxyl groups is 1. The molecular weight excluding hydrogens is 372 g/mol. The van der Waals surface area contributed by atoms with E-state index in [2.05, 4.69) is 32.6 Å². The van der Waals surface area contributed by atoms with E-state index in [4.69, 9.17) is 4.74 Å². The molecule has 3 nitrogen and oxygen atoms in total. The van der Waals surface area contributed by atoms with Gasteiger partial charge in [-0.15, -0.1) is 6.58 Å². The summed E-state index contributed by atoms with van der Waals surface area (Å²) in [6.45, 7) is 14.7. The summed E-state index contributed by atoms with van der Waals surface area (Å²) in [7, 11) is 0. The van der Waals surface area contributed by atoms with Gasteiger partial charge in [-0.1, -0.05) is 25.5 Å². The lowest BCUT2D eigenvalue weighted by molar-refractivity contribution is -0.158. The number of ether oxygens (including phenoxy) is 1. The number of hydrogen-bond donors (Lipinski definition) is 1. The second kappa shape index (κ2) is 7.50. The van der Waals surface area contributed by atoms with Gasteiger partial charge in [0.2, 0.25) is 0 Å². The van der Waals surface area contributed by atoms with Crippen LogP contribution in [0.4, 0.5) is 0 Å². The molecule has 3 saturated carbocycles. The molecule has 168 valence electrons. The van der Waals surface area contributed by atoms with Crippen LogP contribution >= 0.6 is 0 Å². The molecular formula is C27H42O3. The molecule has 0 saturated heterocycles. The Balaban J connectivity index is 1.64.